The molecule has 1 atom stereocenters. The second-order valence-corrected chi connectivity index (χ2v) is 6.91. The molecule has 32 heavy (non-hydrogen) atoms. The molecular weight excluding hydrogens is 429 g/mol. The van der Waals surface area contributed by atoms with E-state index in [2.05, 4.69) is 20.9 Å². The van der Waals surface area contributed by atoms with E-state index in [-0.39, 0.29) is 12.1 Å². The SMILES string of the molecule is O=C(CNC(=O)Nc1cccc(C(F)(F)F)c1)NC(Cc1c[nH]c2ccccc12)C(=O)O. The standard InChI is InChI=1S/C21H19F3N4O4/c22-21(23,24)13-4-3-5-14(9-13)27-20(32)26-11-18(29)28-17(19(30)31)8-12-10-25-16-7-2-1-6-15(12)16/h1-7,9-10,17,25H,8,11H2,(H,28,29)(H,30,31)(H2,26,27,32). The number of aromatic amines is 1. The number of aromatic nitrogens is 1. The molecule has 8 nitrogen and oxygen atoms in total. The number of rotatable bonds is 7. The molecule has 1 unspecified atom stereocenters. The molecule has 2 aromatic carbocycles. The number of anilines is 1. The van der Waals surface area contributed by atoms with Gasteiger partial charge in [-0.2, -0.15) is 13.2 Å². The second-order valence-electron chi connectivity index (χ2n) is 6.91. The number of benzene rings is 2. The molecule has 0 fully saturated rings. The summed E-state index contributed by atoms with van der Waals surface area (Å²) in [6.45, 7) is -0.567. The minimum Gasteiger partial charge on any atom is -0.480 e. The van der Waals surface area contributed by atoms with Gasteiger partial charge in [-0.1, -0.05) is 24.3 Å². The number of carboxylic acid groups (broad SMARTS) is 1. The van der Waals surface area contributed by atoms with E-state index in [0.717, 1.165) is 29.1 Å². The van der Waals surface area contributed by atoms with E-state index in [9.17, 15) is 32.7 Å². The maximum Gasteiger partial charge on any atom is 0.416 e. The third-order valence-electron chi connectivity index (χ3n) is 4.59. The summed E-state index contributed by atoms with van der Waals surface area (Å²) in [5, 5.41) is 17.0. The Bertz CT molecular complexity index is 1140. The van der Waals surface area contributed by atoms with Crippen molar-refractivity contribution in [3.8, 4) is 0 Å². The van der Waals surface area contributed by atoms with Gasteiger partial charge in [0.15, 0.2) is 0 Å². The second kappa shape index (κ2) is 9.41. The van der Waals surface area contributed by atoms with Crippen LogP contribution in [0.4, 0.5) is 23.7 Å². The van der Waals surface area contributed by atoms with Crippen molar-refractivity contribution in [3.63, 3.8) is 0 Å². The molecule has 11 heteroatoms. The number of carbonyl (C=O) groups excluding carboxylic acids is 2. The molecule has 1 aromatic heterocycles. The molecule has 0 aliphatic rings. The highest BCUT2D eigenvalue weighted by Gasteiger charge is 2.30. The van der Waals surface area contributed by atoms with Crippen LogP contribution in [0.5, 0.6) is 0 Å². The van der Waals surface area contributed by atoms with Gasteiger partial charge in [-0.3, -0.25) is 4.79 Å². The highest BCUT2D eigenvalue weighted by Crippen LogP contribution is 2.30. The molecule has 5 N–H and O–H groups in total. The molecule has 0 aliphatic heterocycles. The number of amides is 3. The first kappa shape index (κ1) is 22.7. The monoisotopic (exact) mass is 448 g/mol. The average molecular weight is 448 g/mol. The van der Waals surface area contributed by atoms with Crippen LogP contribution in [0.1, 0.15) is 11.1 Å². The van der Waals surface area contributed by atoms with Crippen molar-refractivity contribution in [2.45, 2.75) is 18.6 Å². The van der Waals surface area contributed by atoms with Gasteiger partial charge in [-0.25, -0.2) is 9.59 Å². The molecular formula is C21H19F3N4O4. The number of hydrogen-bond donors (Lipinski definition) is 5. The predicted octanol–water partition coefficient (Wildman–Crippen LogP) is 3.12. The van der Waals surface area contributed by atoms with Crippen molar-refractivity contribution in [3.05, 3.63) is 65.9 Å². The number of para-hydroxylation sites is 1. The number of H-pyrrole nitrogens is 1. The lowest BCUT2D eigenvalue weighted by Crippen LogP contribution is -2.47. The number of carboxylic acids is 1. The fourth-order valence-electron chi connectivity index (χ4n) is 3.07. The van der Waals surface area contributed by atoms with E-state index in [1.807, 2.05) is 18.2 Å². The van der Waals surface area contributed by atoms with E-state index in [1.54, 1.807) is 12.3 Å². The fraction of sp³-hybridized carbons (Fsp3) is 0.190. The van der Waals surface area contributed by atoms with Gasteiger partial charge >= 0.3 is 18.2 Å². The maximum atomic E-state index is 12.7. The Hall–Kier alpha value is -4.02. The van der Waals surface area contributed by atoms with Crippen LogP contribution in [-0.4, -0.2) is 40.6 Å². The van der Waals surface area contributed by atoms with Gasteiger partial charge in [-0.15, -0.1) is 0 Å². The van der Waals surface area contributed by atoms with Crippen molar-refractivity contribution in [1.29, 1.82) is 0 Å². The number of urea groups is 1. The third-order valence-corrected chi connectivity index (χ3v) is 4.59. The summed E-state index contributed by atoms with van der Waals surface area (Å²) in [7, 11) is 0. The Morgan fingerprint density at radius 3 is 2.53 bits per heavy atom. The number of carbonyl (C=O) groups is 3. The molecule has 1 heterocycles. The summed E-state index contributed by atoms with van der Waals surface area (Å²) in [4.78, 5) is 38.6. The zero-order valence-corrected chi connectivity index (χ0v) is 16.5. The van der Waals surface area contributed by atoms with Crippen molar-refractivity contribution < 1.29 is 32.7 Å². The molecule has 0 radical (unpaired) electrons. The summed E-state index contributed by atoms with van der Waals surface area (Å²) in [5.41, 5.74) is 0.476. The molecule has 0 bridgehead atoms. The van der Waals surface area contributed by atoms with Crippen LogP contribution in [0.2, 0.25) is 0 Å². The minimum absolute atomic E-state index is 0.0154. The first-order valence-corrected chi connectivity index (χ1v) is 9.43. The highest BCUT2D eigenvalue weighted by molar-refractivity contribution is 5.93. The molecule has 0 aliphatic carbocycles. The van der Waals surface area contributed by atoms with Crippen molar-refractivity contribution in [2.24, 2.45) is 0 Å². The largest absolute Gasteiger partial charge is 0.480 e. The Morgan fingerprint density at radius 1 is 1.06 bits per heavy atom. The Morgan fingerprint density at radius 2 is 1.81 bits per heavy atom. The zero-order valence-electron chi connectivity index (χ0n) is 16.5. The summed E-state index contributed by atoms with van der Waals surface area (Å²) in [5.74, 6) is -2.02. The number of hydrogen-bond acceptors (Lipinski definition) is 3. The Kier molecular flexibility index (Phi) is 6.67. The average Bonchev–Trinajstić information content (AvgIpc) is 3.14. The quantitative estimate of drug-likeness (QED) is 0.381. The number of aliphatic carboxylic acids is 1. The third kappa shape index (κ3) is 5.78. The molecule has 0 spiro atoms. The van der Waals surface area contributed by atoms with Gasteiger partial charge in [0, 0.05) is 29.2 Å². The van der Waals surface area contributed by atoms with Gasteiger partial charge in [0.25, 0.3) is 0 Å². The molecule has 3 amide bonds. The predicted molar refractivity (Wildman–Crippen MR) is 110 cm³/mol. The van der Waals surface area contributed by atoms with E-state index in [4.69, 9.17) is 0 Å². The number of alkyl halides is 3. The molecule has 3 rings (SSSR count). The topological polar surface area (TPSA) is 123 Å². The van der Waals surface area contributed by atoms with Crippen molar-refractivity contribution in [2.75, 3.05) is 11.9 Å². The summed E-state index contributed by atoms with van der Waals surface area (Å²) in [6, 6.07) is 9.14. The Labute approximate surface area is 179 Å². The lowest BCUT2D eigenvalue weighted by atomic mass is 10.1. The lowest BCUT2D eigenvalue weighted by Gasteiger charge is -2.15. The first-order chi connectivity index (χ1) is 15.1. The maximum absolute atomic E-state index is 12.7. The van der Waals surface area contributed by atoms with Gasteiger partial charge < -0.3 is 26.0 Å². The van der Waals surface area contributed by atoms with Gasteiger partial charge in [0.1, 0.15) is 6.04 Å². The summed E-state index contributed by atoms with van der Waals surface area (Å²) in [6.07, 6.45) is -2.89. The van der Waals surface area contributed by atoms with Crippen molar-refractivity contribution in [1.82, 2.24) is 15.6 Å². The van der Waals surface area contributed by atoms with Crippen LogP contribution >= 0.6 is 0 Å². The van der Waals surface area contributed by atoms with E-state index in [1.165, 1.54) is 6.07 Å². The van der Waals surface area contributed by atoms with Gasteiger partial charge in [0.2, 0.25) is 5.91 Å². The summed E-state index contributed by atoms with van der Waals surface area (Å²) >= 11 is 0. The Balaban J connectivity index is 1.54. The van der Waals surface area contributed by atoms with Crippen molar-refractivity contribution >= 4 is 34.5 Å². The normalized spacial score (nSPS) is 12.2. The van der Waals surface area contributed by atoms with E-state index >= 15 is 0 Å². The number of nitrogens with one attached hydrogen (secondary N) is 4. The molecule has 3 aromatic rings. The molecule has 168 valence electrons. The van der Waals surface area contributed by atoms with Crippen LogP contribution in [-0.2, 0) is 22.2 Å². The van der Waals surface area contributed by atoms with Crippen LogP contribution < -0.4 is 16.0 Å². The zero-order chi connectivity index (χ0) is 23.3. The van der Waals surface area contributed by atoms with Crippen LogP contribution in [0.25, 0.3) is 10.9 Å². The van der Waals surface area contributed by atoms with E-state index < -0.39 is 42.2 Å². The van der Waals surface area contributed by atoms with Crippen LogP contribution in [0.3, 0.4) is 0 Å². The lowest BCUT2D eigenvalue weighted by molar-refractivity contribution is -0.141. The first-order valence-electron chi connectivity index (χ1n) is 9.43. The summed E-state index contributed by atoms with van der Waals surface area (Å²) < 4.78 is 38.2. The highest BCUT2D eigenvalue weighted by atomic mass is 19.4. The number of halogens is 3. The fourth-order valence-corrected chi connectivity index (χ4v) is 3.07. The molecule has 0 saturated carbocycles. The van der Waals surface area contributed by atoms with Gasteiger partial charge in [0.05, 0.1) is 12.1 Å². The van der Waals surface area contributed by atoms with E-state index in [0.29, 0.717) is 5.56 Å². The number of fused-ring (bicyclic) bond motifs is 1. The van der Waals surface area contributed by atoms with Crippen LogP contribution in [0, 0.1) is 0 Å². The van der Waals surface area contributed by atoms with Gasteiger partial charge in [-0.05, 0) is 29.8 Å². The smallest absolute Gasteiger partial charge is 0.416 e. The molecule has 0 saturated heterocycles. The van der Waals surface area contributed by atoms with Crippen LogP contribution in [0.15, 0.2) is 54.7 Å². The minimum atomic E-state index is -4.56.